The van der Waals surface area contributed by atoms with Crippen LogP contribution in [0.4, 0.5) is 5.69 Å². The Morgan fingerprint density at radius 1 is 1.08 bits per heavy atom. The van der Waals surface area contributed by atoms with Crippen molar-refractivity contribution in [2.75, 3.05) is 19.6 Å². The van der Waals surface area contributed by atoms with Crippen molar-refractivity contribution in [3.05, 3.63) is 83.3 Å². The number of benzene rings is 2. The predicted molar refractivity (Wildman–Crippen MR) is 101 cm³/mol. The minimum atomic E-state index is -0.206. The fourth-order valence-electron chi connectivity index (χ4n) is 2.54. The van der Waals surface area contributed by atoms with Gasteiger partial charge in [0.25, 0.3) is 0 Å². The second kappa shape index (κ2) is 8.18. The van der Waals surface area contributed by atoms with Crippen molar-refractivity contribution in [3.8, 4) is 5.75 Å². The molecule has 26 heavy (non-hydrogen) atoms. The van der Waals surface area contributed by atoms with Crippen LogP contribution < -0.4 is 10.5 Å². The molecule has 132 valence electrons. The van der Waals surface area contributed by atoms with E-state index in [0.29, 0.717) is 33.9 Å². The molecule has 0 saturated carbocycles. The monoisotopic (exact) mass is 349 g/mol. The lowest BCUT2D eigenvalue weighted by molar-refractivity contribution is 0.0502. The molecule has 1 aromatic heterocycles. The van der Waals surface area contributed by atoms with E-state index in [0.717, 1.165) is 0 Å². The summed E-state index contributed by atoms with van der Waals surface area (Å²) in [5.41, 5.74) is 8.01. The lowest BCUT2D eigenvalue weighted by atomic mass is 9.97. The van der Waals surface area contributed by atoms with Gasteiger partial charge in [-0.2, -0.15) is 0 Å². The second-order valence-corrected chi connectivity index (χ2v) is 5.54. The van der Waals surface area contributed by atoms with Gasteiger partial charge in [-0.3, -0.25) is 4.79 Å². The number of carbonyl (C=O) groups is 1. The third-order valence-electron chi connectivity index (χ3n) is 3.77. The molecule has 0 aliphatic heterocycles. The van der Waals surface area contributed by atoms with Gasteiger partial charge in [0.2, 0.25) is 0 Å². The highest BCUT2D eigenvalue weighted by Crippen LogP contribution is 2.33. The number of nitrogens with two attached hydrogens (primary N) is 1. The van der Waals surface area contributed by atoms with Crippen molar-refractivity contribution in [2.45, 2.75) is 0 Å². The molecule has 0 amide bonds. The van der Waals surface area contributed by atoms with Crippen LogP contribution in [0.5, 0.6) is 5.75 Å². The van der Waals surface area contributed by atoms with Crippen LogP contribution in [0.15, 0.2) is 65.3 Å². The lowest BCUT2D eigenvalue weighted by Crippen LogP contribution is -2.11. The second-order valence-electron chi connectivity index (χ2n) is 5.54. The van der Waals surface area contributed by atoms with Gasteiger partial charge in [-0.05, 0) is 36.4 Å². The molecule has 0 radical (unpaired) electrons. The first-order valence-corrected chi connectivity index (χ1v) is 8.06. The molecule has 5 heteroatoms. The molecule has 0 bridgehead atoms. The van der Waals surface area contributed by atoms with Crippen molar-refractivity contribution < 1.29 is 18.7 Å². The van der Waals surface area contributed by atoms with E-state index in [4.69, 9.17) is 19.6 Å². The molecule has 0 atom stereocenters. The number of anilines is 1. The normalized spacial score (nSPS) is 11.0. The van der Waals surface area contributed by atoms with Gasteiger partial charge in [0.05, 0.1) is 11.8 Å². The fraction of sp³-hybridized carbons (Fsp3) is 0.0952. The number of carbonyl (C=O) groups excluding carboxylic acids is 1. The summed E-state index contributed by atoms with van der Waals surface area (Å²) in [7, 11) is 1.52. The predicted octanol–water partition coefficient (Wildman–Crippen LogP) is 4.25. The quantitative estimate of drug-likeness (QED) is 0.392. The summed E-state index contributed by atoms with van der Waals surface area (Å²) < 4.78 is 16.0. The van der Waals surface area contributed by atoms with E-state index in [9.17, 15) is 4.79 Å². The van der Waals surface area contributed by atoms with Gasteiger partial charge < -0.3 is 19.6 Å². The standard InChI is InChI=1S/C21H19NO4/c1-24-14-26-21-16(9-11-17-8-5-13-25-17)10-12-18(22)19(21)20(23)15-6-3-2-4-7-15/h2-13H,14,22H2,1H3. The zero-order chi connectivity index (χ0) is 18.4. The summed E-state index contributed by atoms with van der Waals surface area (Å²) >= 11 is 0. The van der Waals surface area contributed by atoms with Crippen molar-refractivity contribution in [3.63, 3.8) is 0 Å². The van der Waals surface area contributed by atoms with Crippen molar-refractivity contribution >= 4 is 23.6 Å². The van der Waals surface area contributed by atoms with E-state index in [1.807, 2.05) is 18.2 Å². The highest BCUT2D eigenvalue weighted by molar-refractivity contribution is 6.14. The van der Waals surface area contributed by atoms with Gasteiger partial charge in [0.15, 0.2) is 12.6 Å². The van der Waals surface area contributed by atoms with Gasteiger partial charge in [0, 0.05) is 23.9 Å². The van der Waals surface area contributed by atoms with E-state index >= 15 is 0 Å². The summed E-state index contributed by atoms with van der Waals surface area (Å²) in [6, 6.07) is 16.1. The van der Waals surface area contributed by atoms with Gasteiger partial charge in [-0.1, -0.05) is 30.3 Å². The van der Waals surface area contributed by atoms with E-state index < -0.39 is 0 Å². The Morgan fingerprint density at radius 2 is 1.88 bits per heavy atom. The summed E-state index contributed by atoms with van der Waals surface area (Å²) in [5, 5.41) is 0. The Hall–Kier alpha value is -3.31. The molecule has 3 rings (SSSR count). The molecule has 0 aliphatic rings. The van der Waals surface area contributed by atoms with Gasteiger partial charge in [0.1, 0.15) is 11.5 Å². The number of rotatable bonds is 7. The van der Waals surface area contributed by atoms with Crippen LogP contribution in [-0.4, -0.2) is 19.7 Å². The average Bonchev–Trinajstić information content (AvgIpc) is 3.19. The molecule has 0 spiro atoms. The number of ketones is 1. The number of hydrogen-bond acceptors (Lipinski definition) is 5. The van der Waals surface area contributed by atoms with Gasteiger partial charge in [-0.25, -0.2) is 0 Å². The Bertz CT molecular complexity index is 899. The van der Waals surface area contributed by atoms with E-state index in [-0.39, 0.29) is 12.6 Å². The third-order valence-corrected chi connectivity index (χ3v) is 3.77. The first-order valence-electron chi connectivity index (χ1n) is 8.06. The molecule has 3 aromatic rings. The first-order chi connectivity index (χ1) is 12.7. The molecule has 0 fully saturated rings. The van der Waals surface area contributed by atoms with Crippen LogP contribution >= 0.6 is 0 Å². The number of methoxy groups -OCH3 is 1. The maximum absolute atomic E-state index is 13.0. The van der Waals surface area contributed by atoms with E-state index in [1.165, 1.54) is 7.11 Å². The third kappa shape index (κ3) is 3.84. The summed E-state index contributed by atoms with van der Waals surface area (Å²) in [4.78, 5) is 13.0. The topological polar surface area (TPSA) is 74.7 Å². The Labute approximate surface area is 151 Å². The van der Waals surface area contributed by atoms with Crippen molar-refractivity contribution in [1.82, 2.24) is 0 Å². The van der Waals surface area contributed by atoms with Crippen LogP contribution in [0.2, 0.25) is 0 Å². The number of furan rings is 1. The Kier molecular flexibility index (Phi) is 5.51. The van der Waals surface area contributed by atoms with Crippen molar-refractivity contribution in [1.29, 1.82) is 0 Å². The highest BCUT2D eigenvalue weighted by atomic mass is 16.7. The molecule has 0 aliphatic carbocycles. The number of ether oxygens (including phenoxy) is 2. The molecule has 2 N–H and O–H groups in total. The largest absolute Gasteiger partial charge is 0.466 e. The van der Waals surface area contributed by atoms with Crippen LogP contribution in [0.3, 0.4) is 0 Å². The van der Waals surface area contributed by atoms with Crippen LogP contribution in [0.1, 0.15) is 27.2 Å². The van der Waals surface area contributed by atoms with Crippen LogP contribution in [-0.2, 0) is 4.74 Å². The average molecular weight is 349 g/mol. The lowest BCUT2D eigenvalue weighted by Gasteiger charge is -2.15. The highest BCUT2D eigenvalue weighted by Gasteiger charge is 2.20. The Morgan fingerprint density at radius 3 is 2.58 bits per heavy atom. The molecular weight excluding hydrogens is 330 g/mol. The minimum Gasteiger partial charge on any atom is -0.466 e. The smallest absolute Gasteiger partial charge is 0.198 e. The van der Waals surface area contributed by atoms with Crippen LogP contribution in [0, 0.1) is 0 Å². The number of nitrogen functional groups attached to an aromatic ring is 1. The van der Waals surface area contributed by atoms with Gasteiger partial charge >= 0.3 is 0 Å². The summed E-state index contributed by atoms with van der Waals surface area (Å²) in [6.45, 7) is 0.000114. The van der Waals surface area contributed by atoms with E-state index in [1.54, 1.807) is 54.8 Å². The zero-order valence-corrected chi connectivity index (χ0v) is 14.3. The molecule has 1 heterocycles. The van der Waals surface area contributed by atoms with Crippen molar-refractivity contribution in [2.24, 2.45) is 0 Å². The molecule has 0 unspecified atom stereocenters. The Balaban J connectivity index is 2.06. The summed E-state index contributed by atoms with van der Waals surface area (Å²) in [5.74, 6) is 0.862. The molecule has 2 aromatic carbocycles. The molecule has 5 nitrogen and oxygen atoms in total. The van der Waals surface area contributed by atoms with Gasteiger partial charge in [-0.15, -0.1) is 0 Å². The number of hydrogen-bond donors (Lipinski definition) is 1. The fourth-order valence-corrected chi connectivity index (χ4v) is 2.54. The maximum Gasteiger partial charge on any atom is 0.198 e. The minimum absolute atomic E-state index is 0.000114. The van der Waals surface area contributed by atoms with Crippen LogP contribution in [0.25, 0.3) is 12.2 Å². The maximum atomic E-state index is 13.0. The van der Waals surface area contributed by atoms with E-state index in [2.05, 4.69) is 0 Å². The summed E-state index contributed by atoms with van der Waals surface area (Å²) in [6.07, 6.45) is 5.20. The SMILES string of the molecule is COCOc1c(C=Cc2ccco2)ccc(N)c1C(=O)c1ccccc1. The zero-order valence-electron chi connectivity index (χ0n) is 14.3. The first kappa shape index (κ1) is 17.5. The molecular formula is C21H19NO4. The molecule has 0 saturated heterocycles.